The second-order valence-corrected chi connectivity index (χ2v) is 7.70. The van der Waals surface area contributed by atoms with Gasteiger partial charge in [-0.3, -0.25) is 9.59 Å². The molecular formula is C16H23FN2O5S. The van der Waals surface area contributed by atoms with Crippen LogP contribution in [-0.2, 0) is 24.3 Å². The predicted molar refractivity (Wildman–Crippen MR) is 89.7 cm³/mol. The van der Waals surface area contributed by atoms with Gasteiger partial charge in [0.15, 0.2) is 6.61 Å². The van der Waals surface area contributed by atoms with Crippen LogP contribution < -0.4 is 4.72 Å². The second kappa shape index (κ2) is 8.91. The molecule has 0 aliphatic rings. The van der Waals surface area contributed by atoms with Crippen LogP contribution in [0, 0.1) is 5.82 Å². The summed E-state index contributed by atoms with van der Waals surface area (Å²) in [5.41, 5.74) is 0. The van der Waals surface area contributed by atoms with Crippen LogP contribution in [-0.4, -0.2) is 50.4 Å². The van der Waals surface area contributed by atoms with Crippen LogP contribution in [0.1, 0.15) is 27.7 Å². The number of carbonyl (C=O) groups excluding carboxylic acids is 2. The SMILES string of the molecule is CC(C)N(C(=O)COC(=O)CNS(=O)(=O)c1cccc(F)c1)C(C)C. The minimum Gasteiger partial charge on any atom is -0.455 e. The van der Waals surface area contributed by atoms with E-state index >= 15 is 0 Å². The van der Waals surface area contributed by atoms with E-state index in [0.717, 1.165) is 12.1 Å². The topological polar surface area (TPSA) is 92.8 Å². The molecule has 0 aliphatic heterocycles. The molecule has 0 unspecified atom stereocenters. The highest BCUT2D eigenvalue weighted by Crippen LogP contribution is 2.10. The molecule has 0 saturated heterocycles. The lowest BCUT2D eigenvalue weighted by Crippen LogP contribution is -2.44. The van der Waals surface area contributed by atoms with Crippen molar-refractivity contribution in [3.8, 4) is 0 Å². The van der Waals surface area contributed by atoms with Crippen molar-refractivity contribution < 1.29 is 27.1 Å². The number of hydrogen-bond acceptors (Lipinski definition) is 5. The van der Waals surface area contributed by atoms with Crippen molar-refractivity contribution in [2.75, 3.05) is 13.2 Å². The lowest BCUT2D eigenvalue weighted by Gasteiger charge is -2.30. The second-order valence-electron chi connectivity index (χ2n) is 5.93. The van der Waals surface area contributed by atoms with Gasteiger partial charge in [0.2, 0.25) is 10.0 Å². The average Bonchev–Trinajstić information content (AvgIpc) is 2.50. The lowest BCUT2D eigenvalue weighted by atomic mass is 10.2. The Kier molecular flexibility index (Phi) is 7.50. The van der Waals surface area contributed by atoms with Gasteiger partial charge in [-0.15, -0.1) is 0 Å². The van der Waals surface area contributed by atoms with Gasteiger partial charge in [0.05, 0.1) is 4.90 Å². The van der Waals surface area contributed by atoms with Crippen LogP contribution in [0.2, 0.25) is 0 Å². The molecule has 9 heteroatoms. The summed E-state index contributed by atoms with van der Waals surface area (Å²) in [5, 5.41) is 0. The number of sulfonamides is 1. The Balaban J connectivity index is 2.56. The molecule has 0 bridgehead atoms. The van der Waals surface area contributed by atoms with Crippen LogP contribution in [0.25, 0.3) is 0 Å². The highest BCUT2D eigenvalue weighted by atomic mass is 32.2. The minimum atomic E-state index is -4.05. The van der Waals surface area contributed by atoms with Crippen molar-refractivity contribution in [3.63, 3.8) is 0 Å². The van der Waals surface area contributed by atoms with E-state index in [1.165, 1.54) is 12.1 Å². The molecule has 7 nitrogen and oxygen atoms in total. The van der Waals surface area contributed by atoms with Crippen molar-refractivity contribution in [3.05, 3.63) is 30.1 Å². The van der Waals surface area contributed by atoms with E-state index in [0.29, 0.717) is 0 Å². The molecule has 1 rings (SSSR count). The van der Waals surface area contributed by atoms with Crippen molar-refractivity contribution in [1.29, 1.82) is 0 Å². The summed E-state index contributed by atoms with van der Waals surface area (Å²) in [6.07, 6.45) is 0. The Labute approximate surface area is 147 Å². The lowest BCUT2D eigenvalue weighted by molar-refractivity contribution is -0.152. The Hall–Kier alpha value is -2.00. The molecule has 0 radical (unpaired) electrons. The van der Waals surface area contributed by atoms with E-state index < -0.39 is 35.0 Å². The molecule has 0 aromatic heterocycles. The first kappa shape index (κ1) is 21.0. The number of benzene rings is 1. The van der Waals surface area contributed by atoms with E-state index in [1.54, 1.807) is 4.90 Å². The highest BCUT2D eigenvalue weighted by molar-refractivity contribution is 7.89. The van der Waals surface area contributed by atoms with Gasteiger partial charge in [0.25, 0.3) is 5.91 Å². The third kappa shape index (κ3) is 6.43. The number of carbonyl (C=O) groups is 2. The first-order chi connectivity index (χ1) is 11.5. The quantitative estimate of drug-likeness (QED) is 0.692. The van der Waals surface area contributed by atoms with E-state index in [1.807, 2.05) is 32.4 Å². The fourth-order valence-corrected chi connectivity index (χ4v) is 3.31. The molecule has 0 saturated carbocycles. The Morgan fingerprint density at radius 2 is 1.80 bits per heavy atom. The zero-order valence-corrected chi connectivity index (χ0v) is 15.5. The van der Waals surface area contributed by atoms with E-state index in [4.69, 9.17) is 4.74 Å². The van der Waals surface area contributed by atoms with E-state index in [9.17, 15) is 22.4 Å². The van der Waals surface area contributed by atoms with E-state index in [-0.39, 0.29) is 22.9 Å². The van der Waals surface area contributed by atoms with Gasteiger partial charge < -0.3 is 9.64 Å². The Bertz CT molecular complexity index is 711. The number of amides is 1. The first-order valence-electron chi connectivity index (χ1n) is 7.76. The number of ether oxygens (including phenoxy) is 1. The van der Waals surface area contributed by atoms with Gasteiger partial charge in [-0.1, -0.05) is 6.07 Å². The van der Waals surface area contributed by atoms with Gasteiger partial charge >= 0.3 is 5.97 Å². The summed E-state index contributed by atoms with van der Waals surface area (Å²) < 4.78 is 43.8. The minimum absolute atomic E-state index is 0.0577. The smallest absolute Gasteiger partial charge is 0.321 e. The molecule has 0 fully saturated rings. The molecule has 1 amide bonds. The highest BCUT2D eigenvalue weighted by Gasteiger charge is 2.22. The molecule has 0 atom stereocenters. The van der Waals surface area contributed by atoms with Gasteiger partial charge in [0, 0.05) is 12.1 Å². The monoisotopic (exact) mass is 374 g/mol. The molecule has 1 aromatic rings. The number of rotatable bonds is 8. The standard InChI is InChI=1S/C16H23FN2O5S/c1-11(2)19(12(3)4)15(20)10-24-16(21)9-18-25(22,23)14-7-5-6-13(17)8-14/h5-8,11-12,18H,9-10H2,1-4H3. The summed E-state index contributed by atoms with van der Waals surface area (Å²) in [5.74, 6) is -1.98. The maximum atomic E-state index is 13.1. The maximum absolute atomic E-state index is 13.1. The number of esters is 1. The van der Waals surface area contributed by atoms with Crippen LogP contribution >= 0.6 is 0 Å². The van der Waals surface area contributed by atoms with Crippen LogP contribution in [0.3, 0.4) is 0 Å². The zero-order chi connectivity index (χ0) is 19.2. The van der Waals surface area contributed by atoms with Crippen LogP contribution in [0.15, 0.2) is 29.2 Å². The summed E-state index contributed by atoms with van der Waals surface area (Å²) >= 11 is 0. The summed E-state index contributed by atoms with van der Waals surface area (Å²) in [6.45, 7) is 6.23. The third-order valence-corrected chi connectivity index (χ3v) is 4.67. The van der Waals surface area contributed by atoms with Crippen molar-refractivity contribution >= 4 is 21.9 Å². The normalized spacial score (nSPS) is 11.6. The molecule has 1 N–H and O–H groups in total. The fourth-order valence-electron chi connectivity index (χ4n) is 2.31. The number of hydrogen-bond donors (Lipinski definition) is 1. The van der Waals surface area contributed by atoms with Crippen LogP contribution in [0.4, 0.5) is 4.39 Å². The van der Waals surface area contributed by atoms with Crippen molar-refractivity contribution in [2.45, 2.75) is 44.7 Å². The van der Waals surface area contributed by atoms with Crippen LogP contribution in [0.5, 0.6) is 0 Å². The van der Waals surface area contributed by atoms with Crippen molar-refractivity contribution in [1.82, 2.24) is 9.62 Å². The molecule has 0 spiro atoms. The number of nitrogens with zero attached hydrogens (tertiary/aromatic N) is 1. The van der Waals surface area contributed by atoms with Gasteiger partial charge in [-0.2, -0.15) is 4.72 Å². The summed E-state index contributed by atoms with van der Waals surface area (Å²) in [7, 11) is -4.05. The van der Waals surface area contributed by atoms with Crippen molar-refractivity contribution in [2.24, 2.45) is 0 Å². The number of halogens is 1. The average molecular weight is 374 g/mol. The molecule has 0 aliphatic carbocycles. The largest absolute Gasteiger partial charge is 0.455 e. The van der Waals surface area contributed by atoms with Gasteiger partial charge in [-0.05, 0) is 45.9 Å². The van der Waals surface area contributed by atoms with Gasteiger partial charge in [0.1, 0.15) is 12.4 Å². The fraction of sp³-hybridized carbons (Fsp3) is 0.500. The third-order valence-electron chi connectivity index (χ3n) is 3.27. The predicted octanol–water partition coefficient (Wildman–Crippen LogP) is 1.29. The van der Waals surface area contributed by atoms with E-state index in [2.05, 4.69) is 0 Å². The number of nitrogens with one attached hydrogen (secondary N) is 1. The molecule has 25 heavy (non-hydrogen) atoms. The summed E-state index contributed by atoms with van der Waals surface area (Å²) in [6, 6.07) is 4.26. The molecular weight excluding hydrogens is 351 g/mol. The zero-order valence-electron chi connectivity index (χ0n) is 14.7. The maximum Gasteiger partial charge on any atom is 0.321 e. The Morgan fingerprint density at radius 3 is 2.32 bits per heavy atom. The molecule has 1 aromatic carbocycles. The first-order valence-corrected chi connectivity index (χ1v) is 9.25. The Morgan fingerprint density at radius 1 is 1.20 bits per heavy atom. The summed E-state index contributed by atoms with van der Waals surface area (Å²) in [4.78, 5) is 25.0. The molecule has 0 heterocycles. The van der Waals surface area contributed by atoms with Gasteiger partial charge in [-0.25, -0.2) is 12.8 Å². The molecule has 140 valence electrons.